The molecule has 4 rings (SSSR count). The van der Waals surface area contributed by atoms with E-state index in [1.807, 2.05) is 0 Å². The van der Waals surface area contributed by atoms with Crippen molar-refractivity contribution < 1.29 is 31.2 Å². The van der Waals surface area contributed by atoms with Crippen LogP contribution in [0, 0.1) is 29.3 Å². The molecule has 0 radical (unpaired) electrons. The Kier molecular flexibility index (Phi) is 5.59. The van der Waals surface area contributed by atoms with Gasteiger partial charge in [0.05, 0.1) is 15.2 Å². The summed E-state index contributed by atoms with van der Waals surface area (Å²) in [5, 5.41) is 1.36. The van der Waals surface area contributed by atoms with Crippen LogP contribution in [0.15, 0.2) is 35.2 Å². The summed E-state index contributed by atoms with van der Waals surface area (Å²) in [6.07, 6.45) is 1.80. The molecule has 10 heteroatoms. The number of amides is 1. The van der Waals surface area contributed by atoms with Crippen LogP contribution in [0.1, 0.15) is 36.0 Å². The summed E-state index contributed by atoms with van der Waals surface area (Å²) in [7, 11) is -3.92. The number of anilines is 1. The Morgan fingerprint density at radius 1 is 1.00 bits per heavy atom. The van der Waals surface area contributed by atoms with Gasteiger partial charge in [-0.25, -0.2) is 21.6 Å². The average Bonchev–Trinajstić information content (AvgIpc) is 2.91. The average molecular weight is 472 g/mol. The third kappa shape index (κ3) is 3.96. The minimum atomic E-state index is -3.92. The van der Waals surface area contributed by atoms with Gasteiger partial charge in [-0.15, -0.1) is 0 Å². The standard InChI is InChI=1S/C21H17ClF3NO4S/c22-15-4-3-12(21(28)26-13-8-16(23)19(25)17(24)9-13)7-18(15)31(29,30)14-5-10-1-2-11(6-14)20(10)27/h3-4,7-11,14H,1-2,5-6H2,(H,26,28)/t10-,11?,14+/m0/s1. The molecule has 2 aliphatic rings. The van der Waals surface area contributed by atoms with E-state index >= 15 is 0 Å². The fourth-order valence-corrected chi connectivity index (χ4v) is 6.75. The maximum absolute atomic E-state index is 13.4. The molecule has 2 saturated carbocycles. The number of Topliss-reactive ketones (excluding diaryl/α,β-unsaturated/α-hetero) is 1. The predicted molar refractivity (Wildman–Crippen MR) is 107 cm³/mol. The first-order valence-corrected chi connectivity index (χ1v) is 11.5. The third-order valence-electron chi connectivity index (χ3n) is 5.94. The van der Waals surface area contributed by atoms with Crippen molar-refractivity contribution in [3.63, 3.8) is 0 Å². The van der Waals surface area contributed by atoms with Crippen molar-refractivity contribution in [1.82, 2.24) is 0 Å². The van der Waals surface area contributed by atoms with Crippen molar-refractivity contribution in [3.8, 4) is 0 Å². The van der Waals surface area contributed by atoms with Crippen LogP contribution in [0.3, 0.4) is 0 Å². The minimum Gasteiger partial charge on any atom is -0.322 e. The molecular weight excluding hydrogens is 455 g/mol. The molecule has 3 atom stereocenters. The maximum Gasteiger partial charge on any atom is 0.255 e. The topological polar surface area (TPSA) is 80.3 Å². The number of hydrogen-bond acceptors (Lipinski definition) is 4. The second kappa shape index (κ2) is 7.94. The Hall–Kier alpha value is -2.39. The maximum atomic E-state index is 13.4. The number of nitrogens with one attached hydrogen (secondary N) is 1. The van der Waals surface area contributed by atoms with Crippen LogP contribution in [0.5, 0.6) is 0 Å². The van der Waals surface area contributed by atoms with Crippen molar-refractivity contribution >= 4 is 38.8 Å². The van der Waals surface area contributed by atoms with Gasteiger partial charge in [0.2, 0.25) is 0 Å². The number of sulfone groups is 1. The highest BCUT2D eigenvalue weighted by molar-refractivity contribution is 7.92. The molecule has 0 spiro atoms. The number of fused-ring (bicyclic) bond motifs is 2. The van der Waals surface area contributed by atoms with E-state index in [1.54, 1.807) is 0 Å². The van der Waals surface area contributed by atoms with E-state index in [1.165, 1.54) is 12.1 Å². The van der Waals surface area contributed by atoms with E-state index in [9.17, 15) is 31.2 Å². The van der Waals surface area contributed by atoms with Crippen molar-refractivity contribution in [2.24, 2.45) is 11.8 Å². The lowest BCUT2D eigenvalue weighted by atomic mass is 9.87. The molecular formula is C21H17ClF3NO4S. The molecule has 2 fully saturated rings. The second-order valence-electron chi connectivity index (χ2n) is 7.87. The van der Waals surface area contributed by atoms with E-state index in [0.29, 0.717) is 25.0 Å². The van der Waals surface area contributed by atoms with E-state index in [2.05, 4.69) is 5.32 Å². The molecule has 0 aromatic heterocycles. The number of carbonyl (C=O) groups excluding carboxylic acids is 2. The summed E-state index contributed by atoms with van der Waals surface area (Å²) in [5.74, 6) is -5.90. The molecule has 31 heavy (non-hydrogen) atoms. The van der Waals surface area contributed by atoms with Crippen molar-refractivity contribution in [2.75, 3.05) is 5.32 Å². The third-order valence-corrected chi connectivity index (χ3v) is 8.60. The van der Waals surface area contributed by atoms with Gasteiger partial charge in [-0.1, -0.05) is 11.6 Å². The quantitative estimate of drug-likeness (QED) is 0.664. The van der Waals surface area contributed by atoms with Crippen molar-refractivity contribution in [3.05, 3.63) is 58.4 Å². The molecule has 2 aliphatic carbocycles. The van der Waals surface area contributed by atoms with Crippen LogP contribution in [-0.2, 0) is 14.6 Å². The van der Waals surface area contributed by atoms with Crippen LogP contribution in [-0.4, -0.2) is 25.4 Å². The summed E-state index contributed by atoms with van der Waals surface area (Å²) < 4.78 is 66.3. The normalized spacial score (nSPS) is 23.1. The molecule has 1 amide bonds. The highest BCUT2D eigenvalue weighted by Crippen LogP contribution is 2.43. The zero-order valence-corrected chi connectivity index (χ0v) is 17.6. The summed E-state index contributed by atoms with van der Waals surface area (Å²) in [4.78, 5) is 24.4. The number of hydrogen-bond donors (Lipinski definition) is 1. The van der Waals surface area contributed by atoms with E-state index in [4.69, 9.17) is 11.6 Å². The molecule has 1 N–H and O–H groups in total. The van der Waals surface area contributed by atoms with Gasteiger partial charge >= 0.3 is 0 Å². The van der Waals surface area contributed by atoms with Crippen LogP contribution in [0.4, 0.5) is 18.9 Å². The van der Waals surface area contributed by atoms with Crippen LogP contribution < -0.4 is 5.32 Å². The Balaban J connectivity index is 1.61. The van der Waals surface area contributed by atoms with Gasteiger partial charge in [-0.3, -0.25) is 9.59 Å². The molecule has 2 aromatic rings. The number of ketones is 1. The lowest BCUT2D eigenvalue weighted by Crippen LogP contribution is -2.34. The first-order valence-electron chi connectivity index (χ1n) is 9.61. The smallest absolute Gasteiger partial charge is 0.255 e. The zero-order chi connectivity index (χ0) is 22.5. The number of rotatable bonds is 4. The number of carbonyl (C=O) groups is 2. The summed E-state index contributed by atoms with van der Waals surface area (Å²) in [6, 6.07) is 4.83. The Morgan fingerprint density at radius 3 is 2.16 bits per heavy atom. The second-order valence-corrected chi connectivity index (χ2v) is 10.5. The summed E-state index contributed by atoms with van der Waals surface area (Å²) in [5.41, 5.74) is -0.439. The van der Waals surface area contributed by atoms with Gasteiger partial charge < -0.3 is 5.32 Å². The number of benzene rings is 2. The summed E-state index contributed by atoms with van der Waals surface area (Å²) in [6.45, 7) is 0. The Bertz CT molecular complexity index is 1160. The van der Waals surface area contributed by atoms with Gasteiger partial charge in [-0.2, -0.15) is 0 Å². The van der Waals surface area contributed by atoms with Gasteiger partial charge in [-0.05, 0) is 43.9 Å². The Morgan fingerprint density at radius 2 is 1.58 bits per heavy atom. The van der Waals surface area contributed by atoms with Gasteiger partial charge in [0.15, 0.2) is 27.3 Å². The fourth-order valence-electron chi connectivity index (χ4n) is 4.35. The molecule has 5 nitrogen and oxygen atoms in total. The molecule has 2 aromatic carbocycles. The van der Waals surface area contributed by atoms with Gasteiger partial charge in [0.25, 0.3) is 5.91 Å². The van der Waals surface area contributed by atoms with Crippen molar-refractivity contribution in [2.45, 2.75) is 35.8 Å². The van der Waals surface area contributed by atoms with Gasteiger partial charge in [0, 0.05) is 35.2 Å². The minimum absolute atomic E-state index is 0.0698. The molecule has 0 heterocycles. The molecule has 0 aliphatic heterocycles. The van der Waals surface area contributed by atoms with E-state index in [0.717, 1.165) is 6.07 Å². The van der Waals surface area contributed by atoms with Gasteiger partial charge in [0.1, 0.15) is 5.78 Å². The highest BCUT2D eigenvalue weighted by Gasteiger charge is 2.46. The predicted octanol–water partition coefficient (Wildman–Crippen LogP) is 4.54. The summed E-state index contributed by atoms with van der Waals surface area (Å²) >= 11 is 6.12. The van der Waals surface area contributed by atoms with E-state index < -0.39 is 38.4 Å². The molecule has 2 bridgehead atoms. The Labute approximate surface area is 181 Å². The zero-order valence-electron chi connectivity index (χ0n) is 16.0. The lowest BCUT2D eigenvalue weighted by Gasteiger charge is -2.27. The largest absolute Gasteiger partial charge is 0.322 e. The highest BCUT2D eigenvalue weighted by atomic mass is 35.5. The monoisotopic (exact) mass is 471 g/mol. The van der Waals surface area contributed by atoms with Crippen molar-refractivity contribution in [1.29, 1.82) is 0 Å². The van der Waals surface area contributed by atoms with Crippen LogP contribution in [0.25, 0.3) is 0 Å². The number of halogens is 4. The first kappa shape index (κ1) is 21.8. The molecule has 0 saturated heterocycles. The van der Waals surface area contributed by atoms with E-state index in [-0.39, 0.29) is 51.6 Å². The lowest BCUT2D eigenvalue weighted by molar-refractivity contribution is -0.125. The van der Waals surface area contributed by atoms with Crippen LogP contribution >= 0.6 is 11.6 Å². The fraction of sp³-hybridized carbons (Fsp3) is 0.333. The molecule has 164 valence electrons. The first-order chi connectivity index (χ1) is 14.6. The SMILES string of the molecule is O=C(Nc1cc(F)c(F)c(F)c1)c1ccc(Cl)c(S(=O)(=O)[C@H]2CC3CC[C@@H](C2)C3=O)c1. The molecule has 1 unspecified atom stereocenters. The van der Waals surface area contributed by atoms with Crippen LogP contribution in [0.2, 0.25) is 5.02 Å².